The van der Waals surface area contributed by atoms with Gasteiger partial charge in [-0.25, -0.2) is 4.79 Å². The van der Waals surface area contributed by atoms with Gasteiger partial charge in [0, 0.05) is 29.8 Å². The van der Waals surface area contributed by atoms with Crippen LogP contribution >= 0.6 is 0 Å². The average Bonchev–Trinajstić information content (AvgIpc) is 3.25. The molecule has 0 saturated carbocycles. The summed E-state index contributed by atoms with van der Waals surface area (Å²) in [6, 6.07) is 7.09. The highest BCUT2D eigenvalue weighted by molar-refractivity contribution is 6.05. The van der Waals surface area contributed by atoms with Gasteiger partial charge in [0.15, 0.2) is 5.82 Å². The molecule has 1 aromatic carbocycles. The van der Waals surface area contributed by atoms with Gasteiger partial charge in [-0.2, -0.15) is 5.10 Å². The Hall–Kier alpha value is -2.87. The molecule has 1 amide bonds. The largest absolute Gasteiger partial charge is 0.326 e. The summed E-state index contributed by atoms with van der Waals surface area (Å²) in [6.45, 7) is 4.44. The van der Waals surface area contributed by atoms with E-state index in [0.29, 0.717) is 23.8 Å². The van der Waals surface area contributed by atoms with E-state index in [1.54, 1.807) is 22.8 Å². The predicted molar refractivity (Wildman–Crippen MR) is 99.6 cm³/mol. The van der Waals surface area contributed by atoms with E-state index >= 15 is 0 Å². The van der Waals surface area contributed by atoms with Crippen molar-refractivity contribution in [2.24, 2.45) is 0 Å². The summed E-state index contributed by atoms with van der Waals surface area (Å²) in [5.41, 5.74) is 2.83. The molecule has 26 heavy (non-hydrogen) atoms. The van der Waals surface area contributed by atoms with Crippen molar-refractivity contribution in [3.63, 3.8) is 0 Å². The second kappa shape index (κ2) is 6.80. The number of piperidine rings is 1. The van der Waals surface area contributed by atoms with Crippen LogP contribution < -0.4 is 16.3 Å². The lowest BCUT2D eigenvalue weighted by Crippen LogP contribution is -2.26. The molecule has 1 aliphatic rings. The van der Waals surface area contributed by atoms with E-state index in [-0.39, 0.29) is 11.6 Å². The van der Waals surface area contributed by atoms with Crippen molar-refractivity contribution in [1.29, 1.82) is 0 Å². The third-order valence-electron chi connectivity index (χ3n) is 4.97. The number of rotatable bonds is 4. The van der Waals surface area contributed by atoms with Gasteiger partial charge in [-0.05, 0) is 51.1 Å². The second-order valence-corrected chi connectivity index (χ2v) is 6.59. The molecule has 0 atom stereocenters. The summed E-state index contributed by atoms with van der Waals surface area (Å²) < 4.78 is 1.61. The van der Waals surface area contributed by atoms with Crippen LogP contribution in [0.1, 0.15) is 41.7 Å². The summed E-state index contributed by atoms with van der Waals surface area (Å²) in [6.07, 6.45) is 2.13. The highest BCUT2D eigenvalue weighted by Gasteiger charge is 2.18. The Balaban J connectivity index is 1.54. The van der Waals surface area contributed by atoms with Crippen molar-refractivity contribution in [1.82, 2.24) is 25.1 Å². The van der Waals surface area contributed by atoms with E-state index in [0.717, 1.165) is 42.7 Å². The van der Waals surface area contributed by atoms with Gasteiger partial charge in [-0.3, -0.25) is 14.5 Å². The number of H-pyrrole nitrogens is 2. The van der Waals surface area contributed by atoms with Crippen LogP contribution in [-0.2, 0) is 6.54 Å². The molecular weight excluding hydrogens is 332 g/mol. The number of carbonyl (C=O) groups excluding carboxylic acids is 1. The number of fused-ring (bicyclic) bond motifs is 1. The van der Waals surface area contributed by atoms with Crippen LogP contribution in [0.25, 0.3) is 11.0 Å². The molecule has 0 aliphatic carbocycles. The molecule has 2 aromatic heterocycles. The minimum Gasteiger partial charge on any atom is -0.317 e. The smallest absolute Gasteiger partial charge is 0.317 e. The van der Waals surface area contributed by atoms with Crippen molar-refractivity contribution < 1.29 is 4.79 Å². The lowest BCUT2D eigenvalue weighted by atomic mass is 9.95. The number of nitrogens with zero attached hydrogens (tertiary/aromatic N) is 2. The molecule has 8 nitrogen and oxygen atoms in total. The monoisotopic (exact) mass is 354 g/mol. The van der Waals surface area contributed by atoms with Gasteiger partial charge in [0.2, 0.25) is 0 Å². The fourth-order valence-corrected chi connectivity index (χ4v) is 3.54. The zero-order valence-electron chi connectivity index (χ0n) is 14.6. The molecule has 4 rings (SSSR count). The number of hydrogen-bond acceptors (Lipinski definition) is 4. The molecule has 0 spiro atoms. The van der Waals surface area contributed by atoms with E-state index in [4.69, 9.17) is 0 Å². The fourth-order valence-electron chi connectivity index (χ4n) is 3.54. The van der Waals surface area contributed by atoms with Crippen LogP contribution in [0.5, 0.6) is 0 Å². The maximum atomic E-state index is 12.6. The first kappa shape index (κ1) is 16.6. The maximum absolute atomic E-state index is 12.6. The minimum absolute atomic E-state index is 0.168. The van der Waals surface area contributed by atoms with Crippen LogP contribution in [0, 0.1) is 0 Å². The van der Waals surface area contributed by atoms with Gasteiger partial charge in [0.05, 0.1) is 11.0 Å². The Bertz CT molecular complexity index is 993. The third kappa shape index (κ3) is 3.03. The number of carbonyl (C=O) groups is 1. The average molecular weight is 354 g/mol. The zero-order valence-corrected chi connectivity index (χ0v) is 14.6. The Morgan fingerprint density at radius 3 is 2.88 bits per heavy atom. The maximum Gasteiger partial charge on any atom is 0.326 e. The van der Waals surface area contributed by atoms with E-state index in [1.165, 1.54) is 0 Å². The van der Waals surface area contributed by atoms with E-state index in [2.05, 4.69) is 25.8 Å². The second-order valence-electron chi connectivity index (χ2n) is 6.59. The SMILES string of the molecule is CCn1c(=O)[nH]c2ccc(C(=O)Nc3cc(C4CCNCC4)[nH]n3)cc21. The molecule has 1 saturated heterocycles. The first-order valence-electron chi connectivity index (χ1n) is 8.95. The molecule has 1 aliphatic heterocycles. The molecule has 136 valence electrons. The number of anilines is 1. The third-order valence-corrected chi connectivity index (χ3v) is 4.97. The molecule has 1 fully saturated rings. The van der Waals surface area contributed by atoms with Crippen LogP contribution in [0.3, 0.4) is 0 Å². The Morgan fingerprint density at radius 2 is 2.12 bits per heavy atom. The standard InChI is InChI=1S/C18H22N6O2/c1-2-24-15-9-12(3-4-13(15)20-18(24)26)17(25)21-16-10-14(22-23-16)11-5-7-19-8-6-11/h3-4,9-11,19H,2,5-8H2,1H3,(H,20,26)(H2,21,22,23,25). The van der Waals surface area contributed by atoms with Crippen molar-refractivity contribution in [2.45, 2.75) is 32.2 Å². The first-order valence-corrected chi connectivity index (χ1v) is 8.95. The van der Waals surface area contributed by atoms with Crippen molar-refractivity contribution in [2.75, 3.05) is 18.4 Å². The molecule has 0 bridgehead atoms. The van der Waals surface area contributed by atoms with Gasteiger partial charge in [-0.1, -0.05) is 0 Å². The Kier molecular flexibility index (Phi) is 4.34. The van der Waals surface area contributed by atoms with Gasteiger partial charge >= 0.3 is 5.69 Å². The fraction of sp³-hybridized carbons (Fsp3) is 0.389. The molecule has 4 N–H and O–H groups in total. The molecule has 0 radical (unpaired) electrons. The van der Waals surface area contributed by atoms with Crippen LogP contribution in [-0.4, -0.2) is 38.7 Å². The van der Waals surface area contributed by atoms with Crippen LogP contribution in [0.15, 0.2) is 29.1 Å². The number of nitrogens with one attached hydrogen (secondary N) is 4. The quantitative estimate of drug-likeness (QED) is 0.573. The lowest BCUT2D eigenvalue weighted by Gasteiger charge is -2.20. The number of aromatic amines is 2. The van der Waals surface area contributed by atoms with Crippen molar-refractivity contribution in [3.05, 3.63) is 46.0 Å². The van der Waals surface area contributed by atoms with Crippen molar-refractivity contribution in [3.8, 4) is 0 Å². The first-order chi connectivity index (χ1) is 12.7. The number of aromatic nitrogens is 4. The number of hydrogen-bond donors (Lipinski definition) is 4. The van der Waals surface area contributed by atoms with E-state index in [1.807, 2.05) is 13.0 Å². The predicted octanol–water partition coefficient (Wildman–Crippen LogP) is 1.79. The van der Waals surface area contributed by atoms with Gasteiger partial charge in [-0.15, -0.1) is 0 Å². The molecule has 3 aromatic rings. The molecule has 8 heteroatoms. The zero-order chi connectivity index (χ0) is 18.1. The number of amides is 1. The Labute approximate surface area is 150 Å². The van der Waals surface area contributed by atoms with Crippen molar-refractivity contribution >= 4 is 22.8 Å². The summed E-state index contributed by atoms with van der Waals surface area (Å²) in [5, 5.41) is 13.4. The van der Waals surface area contributed by atoms with E-state index < -0.39 is 0 Å². The highest BCUT2D eigenvalue weighted by atomic mass is 16.2. The highest BCUT2D eigenvalue weighted by Crippen LogP contribution is 2.25. The van der Waals surface area contributed by atoms with Crippen LogP contribution in [0.4, 0.5) is 5.82 Å². The minimum atomic E-state index is -0.244. The van der Waals surface area contributed by atoms with Gasteiger partial charge < -0.3 is 15.6 Å². The number of aryl methyl sites for hydroxylation is 1. The van der Waals surface area contributed by atoms with Gasteiger partial charge in [0.25, 0.3) is 5.91 Å². The molecular formula is C18H22N6O2. The normalized spacial score (nSPS) is 15.4. The number of imidazole rings is 1. The molecule has 3 heterocycles. The topological polar surface area (TPSA) is 108 Å². The van der Waals surface area contributed by atoms with E-state index in [9.17, 15) is 9.59 Å². The lowest BCUT2D eigenvalue weighted by molar-refractivity contribution is 0.102. The number of benzene rings is 1. The summed E-state index contributed by atoms with van der Waals surface area (Å²) >= 11 is 0. The molecule has 0 unspecified atom stereocenters. The van der Waals surface area contributed by atoms with Gasteiger partial charge in [0.1, 0.15) is 0 Å². The summed E-state index contributed by atoms with van der Waals surface area (Å²) in [7, 11) is 0. The Morgan fingerprint density at radius 1 is 1.31 bits per heavy atom. The van der Waals surface area contributed by atoms with Crippen LogP contribution in [0.2, 0.25) is 0 Å². The summed E-state index contributed by atoms with van der Waals surface area (Å²) in [5.74, 6) is 0.724. The summed E-state index contributed by atoms with van der Waals surface area (Å²) in [4.78, 5) is 27.2.